The van der Waals surface area contributed by atoms with Gasteiger partial charge in [-0.15, -0.1) is 0 Å². The number of carbonyl (C=O) groups is 1. The van der Waals surface area contributed by atoms with Crippen molar-refractivity contribution >= 4 is 11.6 Å². The van der Waals surface area contributed by atoms with E-state index >= 15 is 0 Å². The molecule has 23 heavy (non-hydrogen) atoms. The molecule has 4 nitrogen and oxygen atoms in total. The van der Waals surface area contributed by atoms with Crippen LogP contribution in [-0.2, 0) is 9.53 Å². The van der Waals surface area contributed by atoms with Crippen LogP contribution in [0.15, 0.2) is 30.3 Å². The first-order valence-corrected chi connectivity index (χ1v) is 8.92. The molecule has 2 N–H and O–H groups in total. The van der Waals surface area contributed by atoms with E-state index in [9.17, 15) is 4.79 Å². The second-order valence-corrected chi connectivity index (χ2v) is 7.49. The van der Waals surface area contributed by atoms with E-state index in [1.165, 1.54) is 25.7 Å². The molecule has 0 unspecified atom stereocenters. The molecule has 0 aromatic heterocycles. The van der Waals surface area contributed by atoms with Gasteiger partial charge >= 0.3 is 0 Å². The fourth-order valence-electron chi connectivity index (χ4n) is 4.87. The van der Waals surface area contributed by atoms with Crippen LogP contribution < -0.4 is 10.6 Å². The molecule has 4 rings (SSSR count). The van der Waals surface area contributed by atoms with Crippen molar-refractivity contribution in [2.24, 2.45) is 11.3 Å². The summed E-state index contributed by atoms with van der Waals surface area (Å²) in [5, 5.41) is 6.73. The number of hydrogen-bond acceptors (Lipinski definition) is 3. The molecule has 2 saturated carbocycles. The average molecular weight is 314 g/mol. The summed E-state index contributed by atoms with van der Waals surface area (Å²) in [5.74, 6) is 0.743. The minimum absolute atomic E-state index is 0.0809. The molecular formula is C19H26N2O2. The van der Waals surface area contributed by atoms with E-state index in [1.54, 1.807) is 0 Å². The molecule has 4 atom stereocenters. The number of benzene rings is 1. The first-order chi connectivity index (χ1) is 11.2. The molecule has 1 aromatic carbocycles. The van der Waals surface area contributed by atoms with Crippen LogP contribution in [-0.4, -0.2) is 30.7 Å². The predicted octanol–water partition coefficient (Wildman–Crippen LogP) is 2.95. The van der Waals surface area contributed by atoms with E-state index in [0.717, 1.165) is 12.3 Å². The summed E-state index contributed by atoms with van der Waals surface area (Å²) in [6.07, 6.45) is 6.07. The zero-order chi connectivity index (χ0) is 15.9. The SMILES string of the molecule is C[C@H](CC(=O)Nc1ccccc1)N[C@@H]1[C@H]2CCO[C@@H]2C12CCC2. The van der Waals surface area contributed by atoms with Gasteiger partial charge in [0.1, 0.15) is 0 Å². The van der Waals surface area contributed by atoms with Gasteiger partial charge in [0.25, 0.3) is 0 Å². The summed E-state index contributed by atoms with van der Waals surface area (Å²) >= 11 is 0. The Kier molecular flexibility index (Phi) is 3.90. The van der Waals surface area contributed by atoms with Crippen LogP contribution in [0.4, 0.5) is 5.69 Å². The fraction of sp³-hybridized carbons (Fsp3) is 0.632. The van der Waals surface area contributed by atoms with Crippen LogP contribution >= 0.6 is 0 Å². The Morgan fingerprint density at radius 3 is 2.83 bits per heavy atom. The molecule has 4 heteroatoms. The first kappa shape index (κ1) is 15.2. The highest BCUT2D eigenvalue weighted by molar-refractivity contribution is 5.91. The molecule has 1 aliphatic heterocycles. The minimum Gasteiger partial charge on any atom is -0.377 e. The van der Waals surface area contributed by atoms with Crippen LogP contribution in [0.25, 0.3) is 0 Å². The largest absolute Gasteiger partial charge is 0.377 e. The van der Waals surface area contributed by atoms with Gasteiger partial charge in [0, 0.05) is 42.1 Å². The van der Waals surface area contributed by atoms with Gasteiger partial charge in [-0.2, -0.15) is 0 Å². The molecule has 1 saturated heterocycles. The summed E-state index contributed by atoms with van der Waals surface area (Å²) in [6, 6.07) is 10.4. The topological polar surface area (TPSA) is 50.4 Å². The fourth-order valence-corrected chi connectivity index (χ4v) is 4.87. The standard InChI is InChI=1S/C19H26N2O2/c1-13(12-16(22)21-14-6-3-2-4-7-14)20-17-15-8-11-23-18(15)19(17)9-5-10-19/h2-4,6-7,13,15,17-18,20H,5,8-12H2,1H3,(H,21,22)/t13-,15-,17-,18+/m1/s1. The Morgan fingerprint density at radius 2 is 2.13 bits per heavy atom. The number of hydrogen-bond donors (Lipinski definition) is 2. The van der Waals surface area contributed by atoms with E-state index in [-0.39, 0.29) is 11.9 Å². The van der Waals surface area contributed by atoms with Crippen LogP contribution in [0, 0.1) is 11.3 Å². The number of ether oxygens (including phenoxy) is 1. The molecule has 3 fully saturated rings. The van der Waals surface area contributed by atoms with Gasteiger partial charge in [-0.05, 0) is 38.3 Å². The Bertz CT molecular complexity index is 570. The van der Waals surface area contributed by atoms with E-state index < -0.39 is 0 Å². The van der Waals surface area contributed by atoms with E-state index in [2.05, 4.69) is 17.6 Å². The molecule has 3 aliphatic rings. The molecule has 124 valence electrons. The number of carbonyl (C=O) groups excluding carboxylic acids is 1. The van der Waals surface area contributed by atoms with Crippen molar-refractivity contribution < 1.29 is 9.53 Å². The number of rotatable bonds is 5. The quantitative estimate of drug-likeness (QED) is 0.878. The third-order valence-corrected chi connectivity index (χ3v) is 6.05. The van der Waals surface area contributed by atoms with Crippen molar-refractivity contribution in [2.75, 3.05) is 11.9 Å². The van der Waals surface area contributed by atoms with Gasteiger partial charge in [0.15, 0.2) is 0 Å². The molecule has 0 radical (unpaired) electrons. The minimum atomic E-state index is 0.0809. The molecular weight excluding hydrogens is 288 g/mol. The van der Waals surface area contributed by atoms with Crippen LogP contribution in [0.3, 0.4) is 0 Å². The molecule has 0 bridgehead atoms. The first-order valence-electron chi connectivity index (χ1n) is 8.92. The van der Waals surface area contributed by atoms with Crippen molar-refractivity contribution in [1.82, 2.24) is 5.32 Å². The van der Waals surface area contributed by atoms with Crippen molar-refractivity contribution in [1.29, 1.82) is 0 Å². The second-order valence-electron chi connectivity index (χ2n) is 7.49. The van der Waals surface area contributed by atoms with Crippen molar-refractivity contribution in [2.45, 2.75) is 57.2 Å². The molecule has 1 spiro atoms. The number of amides is 1. The maximum absolute atomic E-state index is 12.2. The van der Waals surface area contributed by atoms with Crippen LogP contribution in [0.2, 0.25) is 0 Å². The van der Waals surface area contributed by atoms with Crippen molar-refractivity contribution in [3.05, 3.63) is 30.3 Å². The van der Waals surface area contributed by atoms with Gasteiger partial charge < -0.3 is 15.4 Å². The van der Waals surface area contributed by atoms with Gasteiger partial charge in [0.2, 0.25) is 5.91 Å². The van der Waals surface area contributed by atoms with Crippen molar-refractivity contribution in [3.8, 4) is 0 Å². The zero-order valence-corrected chi connectivity index (χ0v) is 13.8. The summed E-state index contributed by atoms with van der Waals surface area (Å²) in [6.45, 7) is 3.04. The van der Waals surface area contributed by atoms with Gasteiger partial charge in [0.05, 0.1) is 6.10 Å². The molecule has 2 aliphatic carbocycles. The van der Waals surface area contributed by atoms with Crippen LogP contribution in [0.1, 0.15) is 39.0 Å². The lowest BCUT2D eigenvalue weighted by atomic mass is 9.46. The lowest BCUT2D eigenvalue weighted by molar-refractivity contribution is -0.178. The van der Waals surface area contributed by atoms with Gasteiger partial charge in [-0.3, -0.25) is 4.79 Å². The molecule has 1 amide bonds. The Hall–Kier alpha value is -1.39. The number of anilines is 1. The average Bonchev–Trinajstić information content (AvgIpc) is 2.89. The molecule has 1 heterocycles. The van der Waals surface area contributed by atoms with E-state index in [4.69, 9.17) is 4.74 Å². The summed E-state index contributed by atoms with van der Waals surface area (Å²) < 4.78 is 5.96. The van der Waals surface area contributed by atoms with Gasteiger partial charge in [-0.1, -0.05) is 24.6 Å². The third-order valence-electron chi connectivity index (χ3n) is 6.05. The monoisotopic (exact) mass is 314 g/mol. The summed E-state index contributed by atoms with van der Waals surface area (Å²) in [7, 11) is 0. The highest BCUT2D eigenvalue weighted by atomic mass is 16.5. The maximum Gasteiger partial charge on any atom is 0.225 e. The normalized spacial score (nSPS) is 31.8. The predicted molar refractivity (Wildman–Crippen MR) is 90.2 cm³/mol. The Balaban J connectivity index is 1.31. The lowest BCUT2D eigenvalue weighted by Crippen LogP contribution is -2.72. The Labute approximate surface area is 138 Å². The Morgan fingerprint density at radius 1 is 1.35 bits per heavy atom. The highest BCUT2D eigenvalue weighted by Gasteiger charge is 2.66. The third kappa shape index (κ3) is 2.58. The highest BCUT2D eigenvalue weighted by Crippen LogP contribution is 2.62. The number of fused-ring (bicyclic) bond motifs is 2. The second kappa shape index (κ2) is 5.91. The van der Waals surface area contributed by atoms with Crippen molar-refractivity contribution in [3.63, 3.8) is 0 Å². The summed E-state index contributed by atoms with van der Waals surface area (Å²) in [4.78, 5) is 12.2. The summed E-state index contributed by atoms with van der Waals surface area (Å²) in [5.41, 5.74) is 1.25. The number of nitrogens with one attached hydrogen (secondary N) is 2. The van der Waals surface area contributed by atoms with E-state index in [0.29, 0.717) is 29.9 Å². The zero-order valence-electron chi connectivity index (χ0n) is 13.8. The smallest absolute Gasteiger partial charge is 0.225 e. The lowest BCUT2D eigenvalue weighted by Gasteiger charge is -2.64. The van der Waals surface area contributed by atoms with E-state index in [1.807, 2.05) is 30.3 Å². The van der Waals surface area contributed by atoms with Gasteiger partial charge in [-0.25, -0.2) is 0 Å². The van der Waals surface area contributed by atoms with Crippen LogP contribution in [0.5, 0.6) is 0 Å². The number of para-hydroxylation sites is 1. The maximum atomic E-state index is 12.2. The molecule has 1 aromatic rings.